The molecule has 2 unspecified atom stereocenters. The third-order valence-electron chi connectivity index (χ3n) is 4.18. The predicted octanol–water partition coefficient (Wildman–Crippen LogP) is 4.25. The highest BCUT2D eigenvalue weighted by Crippen LogP contribution is 2.42. The number of para-hydroxylation sites is 1. The maximum Gasteiger partial charge on any atom is 0.419 e. The van der Waals surface area contributed by atoms with E-state index in [9.17, 15) is 13.2 Å². The summed E-state index contributed by atoms with van der Waals surface area (Å²) in [6, 6.07) is 5.49. The fourth-order valence-electron chi connectivity index (χ4n) is 3.06. The van der Waals surface area contributed by atoms with Crippen LogP contribution in [-0.2, 0) is 6.18 Å². The van der Waals surface area contributed by atoms with Gasteiger partial charge in [-0.25, -0.2) is 0 Å². The summed E-state index contributed by atoms with van der Waals surface area (Å²) in [5, 5.41) is 3.36. The van der Waals surface area contributed by atoms with Gasteiger partial charge in [0.1, 0.15) is 11.9 Å². The molecule has 1 saturated carbocycles. The van der Waals surface area contributed by atoms with Gasteiger partial charge in [-0.3, -0.25) is 0 Å². The van der Waals surface area contributed by atoms with Crippen LogP contribution in [0.3, 0.4) is 0 Å². The molecule has 0 bridgehead atoms. The summed E-state index contributed by atoms with van der Waals surface area (Å²) in [6.45, 7) is 7.02. The van der Waals surface area contributed by atoms with E-state index >= 15 is 0 Å². The van der Waals surface area contributed by atoms with Gasteiger partial charge >= 0.3 is 6.18 Å². The van der Waals surface area contributed by atoms with E-state index in [0.29, 0.717) is 0 Å². The van der Waals surface area contributed by atoms with Gasteiger partial charge in [0, 0.05) is 6.04 Å². The molecular formula is C16H22F3NO. The van der Waals surface area contributed by atoms with Crippen LogP contribution >= 0.6 is 0 Å². The van der Waals surface area contributed by atoms with Gasteiger partial charge < -0.3 is 10.1 Å². The first kappa shape index (κ1) is 16.1. The maximum absolute atomic E-state index is 13.0. The van der Waals surface area contributed by atoms with Gasteiger partial charge in [-0.1, -0.05) is 32.9 Å². The fraction of sp³-hybridized carbons (Fsp3) is 0.625. The van der Waals surface area contributed by atoms with Crippen LogP contribution in [0.15, 0.2) is 24.3 Å². The monoisotopic (exact) mass is 301 g/mol. The Bertz CT molecular complexity index is 485. The molecule has 0 amide bonds. The Morgan fingerprint density at radius 1 is 1.29 bits per heavy atom. The van der Waals surface area contributed by atoms with Gasteiger partial charge in [0.2, 0.25) is 0 Å². The third-order valence-corrected chi connectivity index (χ3v) is 4.18. The number of benzene rings is 1. The van der Waals surface area contributed by atoms with Gasteiger partial charge in [-0.15, -0.1) is 0 Å². The lowest BCUT2D eigenvalue weighted by Crippen LogP contribution is -2.46. The van der Waals surface area contributed by atoms with Crippen molar-refractivity contribution in [2.75, 3.05) is 6.54 Å². The molecule has 1 aliphatic carbocycles. The minimum absolute atomic E-state index is 0.0217. The molecule has 0 spiro atoms. The Balaban J connectivity index is 2.22. The smallest absolute Gasteiger partial charge is 0.419 e. The van der Waals surface area contributed by atoms with Crippen LogP contribution < -0.4 is 10.1 Å². The van der Waals surface area contributed by atoms with Gasteiger partial charge in [-0.05, 0) is 36.9 Å². The summed E-state index contributed by atoms with van der Waals surface area (Å²) < 4.78 is 44.8. The van der Waals surface area contributed by atoms with Crippen molar-refractivity contribution in [1.29, 1.82) is 0 Å². The average molecular weight is 301 g/mol. The summed E-state index contributed by atoms with van der Waals surface area (Å²) >= 11 is 0. The van der Waals surface area contributed by atoms with Crippen LogP contribution in [0.1, 0.15) is 39.2 Å². The summed E-state index contributed by atoms with van der Waals surface area (Å²) in [6.07, 6.45) is -2.93. The standard InChI is InChI=1S/C16H22F3NO/c1-4-20-14-13(9-10-15(14,2)3)21-12-8-6-5-7-11(12)16(17,18)19/h5-8,13-14,20H,4,9-10H2,1-3H3. The molecule has 2 nitrogen and oxygen atoms in total. The first-order chi connectivity index (χ1) is 9.75. The van der Waals surface area contributed by atoms with E-state index in [2.05, 4.69) is 19.2 Å². The Hall–Kier alpha value is -1.23. The molecule has 1 aromatic rings. The van der Waals surface area contributed by atoms with E-state index in [1.807, 2.05) is 6.92 Å². The molecule has 5 heteroatoms. The maximum atomic E-state index is 13.0. The number of ether oxygens (including phenoxy) is 1. The van der Waals surface area contributed by atoms with Crippen molar-refractivity contribution in [3.05, 3.63) is 29.8 Å². The van der Waals surface area contributed by atoms with Crippen LogP contribution in [0, 0.1) is 5.41 Å². The minimum atomic E-state index is -4.39. The molecule has 1 N–H and O–H groups in total. The van der Waals surface area contributed by atoms with Crippen molar-refractivity contribution in [1.82, 2.24) is 5.32 Å². The number of rotatable bonds is 4. The Labute approximate surface area is 123 Å². The van der Waals surface area contributed by atoms with Gasteiger partial charge in [0.05, 0.1) is 5.56 Å². The summed E-state index contributed by atoms with van der Waals surface area (Å²) in [4.78, 5) is 0. The van der Waals surface area contributed by atoms with Crippen molar-refractivity contribution in [2.24, 2.45) is 5.41 Å². The zero-order chi connectivity index (χ0) is 15.7. The fourth-order valence-corrected chi connectivity index (χ4v) is 3.06. The van der Waals surface area contributed by atoms with Gasteiger partial charge in [0.15, 0.2) is 0 Å². The van der Waals surface area contributed by atoms with Crippen molar-refractivity contribution >= 4 is 0 Å². The molecule has 0 radical (unpaired) electrons. The van der Waals surface area contributed by atoms with Crippen LogP contribution in [0.5, 0.6) is 5.75 Å². The normalized spacial score (nSPS) is 25.0. The second-order valence-corrected chi connectivity index (χ2v) is 6.21. The molecule has 1 aromatic carbocycles. The van der Waals surface area contributed by atoms with Crippen LogP contribution in [0.25, 0.3) is 0 Å². The molecule has 118 valence electrons. The second kappa shape index (κ2) is 5.87. The number of hydrogen-bond acceptors (Lipinski definition) is 2. The first-order valence-electron chi connectivity index (χ1n) is 7.32. The first-order valence-corrected chi connectivity index (χ1v) is 7.32. The van der Waals surface area contributed by atoms with E-state index in [0.717, 1.165) is 25.5 Å². The lowest BCUT2D eigenvalue weighted by Gasteiger charge is -2.31. The minimum Gasteiger partial charge on any atom is -0.488 e. The molecular weight excluding hydrogens is 279 g/mol. The highest BCUT2D eigenvalue weighted by molar-refractivity contribution is 5.36. The molecule has 0 aromatic heterocycles. The van der Waals surface area contributed by atoms with Crippen molar-refractivity contribution in [3.63, 3.8) is 0 Å². The lowest BCUT2D eigenvalue weighted by molar-refractivity contribution is -0.139. The molecule has 0 heterocycles. The topological polar surface area (TPSA) is 21.3 Å². The molecule has 1 fully saturated rings. The summed E-state index contributed by atoms with van der Waals surface area (Å²) in [7, 11) is 0. The zero-order valence-electron chi connectivity index (χ0n) is 12.6. The van der Waals surface area contributed by atoms with Crippen molar-refractivity contribution < 1.29 is 17.9 Å². The van der Waals surface area contributed by atoms with Gasteiger partial charge in [0.25, 0.3) is 0 Å². The highest BCUT2D eigenvalue weighted by Gasteiger charge is 2.44. The van der Waals surface area contributed by atoms with E-state index in [1.165, 1.54) is 12.1 Å². The van der Waals surface area contributed by atoms with E-state index in [1.54, 1.807) is 6.07 Å². The number of alkyl halides is 3. The molecule has 0 saturated heterocycles. The van der Waals surface area contributed by atoms with Gasteiger partial charge in [-0.2, -0.15) is 13.2 Å². The number of likely N-dealkylation sites (N-methyl/N-ethyl adjacent to an activating group) is 1. The molecule has 21 heavy (non-hydrogen) atoms. The zero-order valence-corrected chi connectivity index (χ0v) is 12.6. The van der Waals surface area contributed by atoms with Crippen LogP contribution in [0.4, 0.5) is 13.2 Å². The van der Waals surface area contributed by atoms with Crippen molar-refractivity contribution in [2.45, 2.75) is 51.9 Å². The SMILES string of the molecule is CCNC1C(Oc2ccccc2C(F)(F)F)CCC1(C)C. The third kappa shape index (κ3) is 3.51. The number of halogens is 3. The Morgan fingerprint density at radius 3 is 2.57 bits per heavy atom. The van der Waals surface area contributed by atoms with E-state index in [4.69, 9.17) is 4.74 Å². The quantitative estimate of drug-likeness (QED) is 0.897. The molecule has 1 aliphatic rings. The van der Waals surface area contributed by atoms with Crippen LogP contribution in [-0.4, -0.2) is 18.7 Å². The van der Waals surface area contributed by atoms with Crippen LogP contribution in [0.2, 0.25) is 0 Å². The second-order valence-electron chi connectivity index (χ2n) is 6.21. The number of nitrogens with one attached hydrogen (secondary N) is 1. The lowest BCUT2D eigenvalue weighted by atomic mass is 9.87. The predicted molar refractivity (Wildman–Crippen MR) is 76.3 cm³/mol. The summed E-state index contributed by atoms with van der Waals surface area (Å²) in [5.74, 6) is -0.0735. The Morgan fingerprint density at radius 2 is 1.95 bits per heavy atom. The molecule has 2 rings (SSSR count). The molecule has 2 atom stereocenters. The molecule has 0 aliphatic heterocycles. The van der Waals surface area contributed by atoms with E-state index < -0.39 is 11.7 Å². The highest BCUT2D eigenvalue weighted by atomic mass is 19.4. The summed E-state index contributed by atoms with van der Waals surface area (Å²) in [5.41, 5.74) is -0.682. The Kier molecular flexibility index (Phi) is 4.51. The van der Waals surface area contributed by atoms with E-state index in [-0.39, 0.29) is 23.3 Å². The largest absolute Gasteiger partial charge is 0.488 e. The number of hydrogen-bond donors (Lipinski definition) is 1. The average Bonchev–Trinajstić information content (AvgIpc) is 2.66. The van der Waals surface area contributed by atoms with Crippen molar-refractivity contribution in [3.8, 4) is 5.75 Å².